The van der Waals surface area contributed by atoms with E-state index < -0.39 is 4.92 Å². The molecule has 0 saturated heterocycles. The van der Waals surface area contributed by atoms with Crippen molar-refractivity contribution < 1.29 is 4.92 Å². The van der Waals surface area contributed by atoms with Crippen molar-refractivity contribution in [1.29, 1.82) is 0 Å². The summed E-state index contributed by atoms with van der Waals surface area (Å²) >= 11 is 0. The van der Waals surface area contributed by atoms with Gasteiger partial charge in [-0.2, -0.15) is 0 Å². The van der Waals surface area contributed by atoms with Gasteiger partial charge in [0.05, 0.1) is 17.1 Å². The summed E-state index contributed by atoms with van der Waals surface area (Å²) in [6.45, 7) is 6.69. The third-order valence-electron chi connectivity index (χ3n) is 2.41. The Morgan fingerprint density at radius 3 is 2.65 bits per heavy atom. The summed E-state index contributed by atoms with van der Waals surface area (Å²) < 4.78 is 0. The maximum Gasteiger partial charge on any atom is 0.276 e. The van der Waals surface area contributed by atoms with Crippen LogP contribution in [0.3, 0.4) is 0 Å². The molecule has 0 aliphatic carbocycles. The lowest BCUT2D eigenvalue weighted by Gasteiger charge is -2.26. The van der Waals surface area contributed by atoms with E-state index in [1.54, 1.807) is 0 Å². The first-order valence-corrected chi connectivity index (χ1v) is 5.39. The number of nitrogens with zero attached hydrogens (tertiary/aromatic N) is 3. The van der Waals surface area contributed by atoms with Gasteiger partial charge in [0.25, 0.3) is 5.69 Å². The highest BCUT2D eigenvalue weighted by molar-refractivity contribution is 5.55. The van der Waals surface area contributed by atoms with Crippen LogP contribution in [0.15, 0.2) is 12.1 Å². The highest BCUT2D eigenvalue weighted by Gasteiger charge is 2.16. The van der Waals surface area contributed by atoms with Gasteiger partial charge in [-0.25, -0.2) is 10.8 Å². The fourth-order valence-corrected chi connectivity index (χ4v) is 1.62. The molecule has 1 rings (SSSR count). The number of pyridine rings is 1. The van der Waals surface area contributed by atoms with E-state index in [2.05, 4.69) is 10.4 Å². The second kappa shape index (κ2) is 5.44. The number of rotatable bonds is 5. The second-order valence-electron chi connectivity index (χ2n) is 3.85. The van der Waals surface area contributed by atoms with E-state index in [4.69, 9.17) is 5.84 Å². The summed E-state index contributed by atoms with van der Waals surface area (Å²) in [5, 5.41) is 10.8. The maximum absolute atomic E-state index is 10.8. The van der Waals surface area contributed by atoms with E-state index >= 15 is 0 Å². The summed E-state index contributed by atoms with van der Waals surface area (Å²) in [5.74, 6) is 6.08. The normalized spacial score (nSPS) is 10.4. The van der Waals surface area contributed by atoms with Crippen LogP contribution in [0.5, 0.6) is 0 Å². The van der Waals surface area contributed by atoms with Crippen LogP contribution in [0.1, 0.15) is 20.8 Å². The van der Waals surface area contributed by atoms with Crippen molar-refractivity contribution in [2.75, 3.05) is 16.9 Å². The zero-order chi connectivity index (χ0) is 13.0. The predicted octanol–water partition coefficient (Wildman–Crippen LogP) is 1.51. The monoisotopic (exact) mass is 239 g/mol. The fourth-order valence-electron chi connectivity index (χ4n) is 1.62. The van der Waals surface area contributed by atoms with E-state index in [-0.39, 0.29) is 17.5 Å². The molecule has 0 aliphatic heterocycles. The van der Waals surface area contributed by atoms with Gasteiger partial charge >= 0.3 is 0 Å². The molecule has 0 bridgehead atoms. The molecule has 94 valence electrons. The quantitative estimate of drug-likeness (QED) is 0.459. The molecule has 1 aromatic heterocycles. The number of aromatic nitrogens is 1. The first-order chi connectivity index (χ1) is 7.99. The lowest BCUT2D eigenvalue weighted by atomic mass is 10.3. The lowest BCUT2D eigenvalue weighted by Crippen LogP contribution is -2.31. The first-order valence-electron chi connectivity index (χ1n) is 5.39. The standard InChI is InChI=1S/C10H17N5O2/c1-4-14(7(2)3)10-6-8(15(16)17)5-9(12-10)13-11/h5-7H,4,11H2,1-3H3,(H,12,13). The molecule has 17 heavy (non-hydrogen) atoms. The molecule has 0 fully saturated rings. The Labute approximate surface area is 99.7 Å². The molecule has 0 aliphatic rings. The van der Waals surface area contributed by atoms with E-state index in [1.165, 1.54) is 12.1 Å². The van der Waals surface area contributed by atoms with Crippen molar-refractivity contribution in [2.24, 2.45) is 5.84 Å². The number of nitrogens with one attached hydrogen (secondary N) is 1. The van der Waals surface area contributed by atoms with Gasteiger partial charge in [0.1, 0.15) is 11.6 Å². The van der Waals surface area contributed by atoms with Crippen molar-refractivity contribution in [2.45, 2.75) is 26.8 Å². The Bertz CT molecular complexity index is 408. The number of hydrogen-bond donors (Lipinski definition) is 2. The van der Waals surface area contributed by atoms with Crippen molar-refractivity contribution >= 4 is 17.3 Å². The molecule has 0 saturated carbocycles. The average Bonchev–Trinajstić information content (AvgIpc) is 2.28. The Hall–Kier alpha value is -1.89. The van der Waals surface area contributed by atoms with Gasteiger partial charge in [-0.1, -0.05) is 0 Å². The van der Waals surface area contributed by atoms with Crippen molar-refractivity contribution in [1.82, 2.24) is 4.98 Å². The van der Waals surface area contributed by atoms with Crippen molar-refractivity contribution in [3.8, 4) is 0 Å². The van der Waals surface area contributed by atoms with Crippen LogP contribution in [0, 0.1) is 10.1 Å². The first kappa shape index (κ1) is 13.2. The van der Waals surface area contributed by atoms with Crippen molar-refractivity contribution in [3.63, 3.8) is 0 Å². The molecule has 0 atom stereocenters. The number of hydrazine groups is 1. The Morgan fingerprint density at radius 2 is 2.24 bits per heavy atom. The van der Waals surface area contributed by atoms with E-state index in [9.17, 15) is 10.1 Å². The van der Waals surface area contributed by atoms with Crippen LogP contribution in [0.2, 0.25) is 0 Å². The van der Waals surface area contributed by atoms with E-state index in [0.29, 0.717) is 5.82 Å². The van der Waals surface area contributed by atoms with Gasteiger partial charge in [-0.15, -0.1) is 0 Å². The molecular formula is C10H17N5O2. The zero-order valence-corrected chi connectivity index (χ0v) is 10.2. The summed E-state index contributed by atoms with van der Waals surface area (Å²) in [5.41, 5.74) is 2.31. The van der Waals surface area contributed by atoms with Crippen LogP contribution in [-0.4, -0.2) is 22.5 Å². The summed E-state index contributed by atoms with van der Waals surface area (Å²) in [7, 11) is 0. The Morgan fingerprint density at radius 1 is 1.59 bits per heavy atom. The number of nitro groups is 1. The van der Waals surface area contributed by atoms with E-state index in [0.717, 1.165) is 6.54 Å². The smallest absolute Gasteiger partial charge is 0.276 e. The van der Waals surface area contributed by atoms with Gasteiger partial charge in [0.2, 0.25) is 0 Å². The van der Waals surface area contributed by atoms with Gasteiger partial charge in [0.15, 0.2) is 0 Å². The minimum absolute atomic E-state index is 0.0259. The topological polar surface area (TPSA) is 97.3 Å². The van der Waals surface area contributed by atoms with Crippen LogP contribution < -0.4 is 16.2 Å². The summed E-state index contributed by atoms with van der Waals surface area (Å²) in [6.07, 6.45) is 0. The molecule has 7 heteroatoms. The molecule has 3 N–H and O–H groups in total. The molecule has 1 aromatic rings. The highest BCUT2D eigenvalue weighted by atomic mass is 16.6. The molecule has 1 heterocycles. The fraction of sp³-hybridized carbons (Fsp3) is 0.500. The Balaban J connectivity index is 3.22. The third-order valence-corrected chi connectivity index (χ3v) is 2.41. The Kier molecular flexibility index (Phi) is 4.22. The average molecular weight is 239 g/mol. The lowest BCUT2D eigenvalue weighted by molar-refractivity contribution is -0.384. The third kappa shape index (κ3) is 3.04. The van der Waals surface area contributed by atoms with E-state index in [1.807, 2.05) is 25.7 Å². The number of nitrogen functional groups attached to an aromatic ring is 1. The zero-order valence-electron chi connectivity index (χ0n) is 10.2. The molecule has 0 radical (unpaired) electrons. The number of nitrogens with two attached hydrogens (primary N) is 1. The van der Waals surface area contributed by atoms with Crippen LogP contribution in [0.4, 0.5) is 17.3 Å². The van der Waals surface area contributed by atoms with Crippen LogP contribution in [0.25, 0.3) is 0 Å². The summed E-state index contributed by atoms with van der Waals surface area (Å²) in [4.78, 5) is 16.5. The SMILES string of the molecule is CCN(c1cc([N+](=O)[O-])cc(NN)n1)C(C)C. The minimum Gasteiger partial charge on any atom is -0.354 e. The number of hydrogen-bond acceptors (Lipinski definition) is 6. The minimum atomic E-state index is -0.458. The molecule has 7 nitrogen and oxygen atoms in total. The largest absolute Gasteiger partial charge is 0.354 e. The number of anilines is 2. The maximum atomic E-state index is 10.8. The molecule has 0 amide bonds. The van der Waals surface area contributed by atoms with Crippen molar-refractivity contribution in [3.05, 3.63) is 22.2 Å². The van der Waals surface area contributed by atoms with Crippen LogP contribution >= 0.6 is 0 Å². The predicted molar refractivity (Wildman–Crippen MR) is 66.9 cm³/mol. The van der Waals surface area contributed by atoms with Gasteiger partial charge in [-0.05, 0) is 20.8 Å². The highest BCUT2D eigenvalue weighted by Crippen LogP contribution is 2.23. The molecular weight excluding hydrogens is 222 g/mol. The second-order valence-corrected chi connectivity index (χ2v) is 3.85. The molecule has 0 spiro atoms. The van der Waals surface area contributed by atoms with Crippen LogP contribution in [-0.2, 0) is 0 Å². The van der Waals surface area contributed by atoms with Gasteiger partial charge < -0.3 is 10.3 Å². The van der Waals surface area contributed by atoms with Gasteiger partial charge in [-0.3, -0.25) is 10.1 Å². The summed E-state index contributed by atoms with van der Waals surface area (Å²) in [6, 6.07) is 2.96. The van der Waals surface area contributed by atoms with Gasteiger partial charge in [0, 0.05) is 12.6 Å². The molecule has 0 aromatic carbocycles. The molecule has 0 unspecified atom stereocenters.